The average Bonchev–Trinajstić information content (AvgIpc) is 2.54. The van der Waals surface area contributed by atoms with Crippen LogP contribution in [0.1, 0.15) is 25.3 Å². The maximum Gasteiger partial charge on any atom is 0.255 e. The number of likely N-dealkylation sites (N-methyl/N-ethyl adjacent to an activating group) is 1. The lowest BCUT2D eigenvalue weighted by atomic mass is 9.90. The molecule has 0 unspecified atom stereocenters. The minimum atomic E-state index is -0.692. The molecule has 116 valence electrons. The zero-order valence-electron chi connectivity index (χ0n) is 12.7. The van der Waals surface area contributed by atoms with Crippen LogP contribution in [0.15, 0.2) is 24.3 Å². The van der Waals surface area contributed by atoms with Crippen molar-refractivity contribution in [2.24, 2.45) is 0 Å². The molecule has 0 spiro atoms. The van der Waals surface area contributed by atoms with Gasteiger partial charge in [0.2, 0.25) is 0 Å². The van der Waals surface area contributed by atoms with Gasteiger partial charge < -0.3 is 15.0 Å². The maximum atomic E-state index is 12.9. The third kappa shape index (κ3) is 3.57. The molecule has 1 fully saturated rings. The minimum absolute atomic E-state index is 0.0638. The molecule has 1 saturated heterocycles. The van der Waals surface area contributed by atoms with Crippen molar-refractivity contribution in [1.82, 2.24) is 10.2 Å². The molecule has 4 nitrogen and oxygen atoms in total. The Kier molecular flexibility index (Phi) is 5.62. The molecule has 1 heterocycles. The van der Waals surface area contributed by atoms with Gasteiger partial charge in [-0.25, -0.2) is 0 Å². The monoisotopic (exact) mass is 310 g/mol. The molecule has 1 aliphatic heterocycles. The van der Waals surface area contributed by atoms with Gasteiger partial charge in [0.25, 0.3) is 5.91 Å². The lowest BCUT2D eigenvalue weighted by Gasteiger charge is -2.38. The molecular weight excluding hydrogens is 288 g/mol. The fourth-order valence-corrected chi connectivity index (χ4v) is 2.98. The quantitative estimate of drug-likeness (QED) is 0.908. The van der Waals surface area contributed by atoms with E-state index in [1.807, 2.05) is 36.1 Å². The number of hydrogen-bond donors (Lipinski definition) is 1. The fraction of sp³-hybridized carbons (Fsp3) is 0.562. The van der Waals surface area contributed by atoms with Crippen molar-refractivity contribution in [3.05, 3.63) is 34.9 Å². The second-order valence-corrected chi connectivity index (χ2v) is 5.77. The summed E-state index contributed by atoms with van der Waals surface area (Å²) in [6, 6.07) is 7.65. The van der Waals surface area contributed by atoms with Gasteiger partial charge in [-0.2, -0.15) is 0 Å². The van der Waals surface area contributed by atoms with Crippen LogP contribution in [0, 0.1) is 0 Å². The molecule has 5 heteroatoms. The van der Waals surface area contributed by atoms with Crippen LogP contribution in [-0.4, -0.2) is 43.2 Å². The number of nitrogens with one attached hydrogen (secondary N) is 1. The standard InChI is InChI=1S/C16H23ClN2O2/c1-3-19(12-13-6-4-5-7-14(13)17)15(20)16(21-2)8-10-18-11-9-16/h4-7,18H,3,8-12H2,1-2H3. The topological polar surface area (TPSA) is 41.6 Å². The molecule has 21 heavy (non-hydrogen) atoms. The van der Waals surface area contributed by atoms with E-state index in [2.05, 4.69) is 5.32 Å². The van der Waals surface area contributed by atoms with Crippen molar-refractivity contribution >= 4 is 17.5 Å². The number of carbonyl (C=O) groups excluding carboxylic acids is 1. The van der Waals surface area contributed by atoms with Crippen LogP contribution in [0.2, 0.25) is 5.02 Å². The first-order valence-corrected chi connectivity index (χ1v) is 7.79. The molecule has 0 saturated carbocycles. The Morgan fingerprint density at radius 1 is 1.38 bits per heavy atom. The van der Waals surface area contributed by atoms with E-state index in [0.717, 1.165) is 18.7 Å². The molecule has 1 amide bonds. The highest BCUT2D eigenvalue weighted by molar-refractivity contribution is 6.31. The van der Waals surface area contributed by atoms with Crippen molar-refractivity contribution in [1.29, 1.82) is 0 Å². The Morgan fingerprint density at radius 2 is 2.05 bits per heavy atom. The summed E-state index contributed by atoms with van der Waals surface area (Å²) < 4.78 is 5.63. The number of benzene rings is 1. The van der Waals surface area contributed by atoms with Crippen LogP contribution in [0.4, 0.5) is 0 Å². The fourth-order valence-electron chi connectivity index (χ4n) is 2.78. The highest BCUT2D eigenvalue weighted by Gasteiger charge is 2.42. The molecule has 0 aliphatic carbocycles. The van der Waals surface area contributed by atoms with Crippen LogP contribution in [0.3, 0.4) is 0 Å². The van der Waals surface area contributed by atoms with Gasteiger partial charge in [0.1, 0.15) is 5.60 Å². The number of rotatable bonds is 5. The number of carbonyl (C=O) groups is 1. The highest BCUT2D eigenvalue weighted by atomic mass is 35.5. The molecule has 1 aromatic carbocycles. The number of piperidine rings is 1. The van der Waals surface area contributed by atoms with Crippen LogP contribution < -0.4 is 5.32 Å². The van der Waals surface area contributed by atoms with Gasteiger partial charge in [0, 0.05) is 25.2 Å². The first-order valence-electron chi connectivity index (χ1n) is 7.41. The average molecular weight is 311 g/mol. The summed E-state index contributed by atoms with van der Waals surface area (Å²) in [5, 5.41) is 3.97. The first kappa shape index (κ1) is 16.3. The summed E-state index contributed by atoms with van der Waals surface area (Å²) in [5.74, 6) is 0.0638. The Morgan fingerprint density at radius 3 is 2.62 bits per heavy atom. The van der Waals surface area contributed by atoms with E-state index < -0.39 is 5.60 Å². The van der Waals surface area contributed by atoms with Gasteiger partial charge in [-0.05, 0) is 44.5 Å². The number of amides is 1. The molecule has 0 radical (unpaired) electrons. The van der Waals surface area contributed by atoms with Gasteiger partial charge in [0.15, 0.2) is 0 Å². The normalized spacial score (nSPS) is 17.5. The Hall–Kier alpha value is -1.10. The van der Waals surface area contributed by atoms with Gasteiger partial charge in [0.05, 0.1) is 0 Å². The van der Waals surface area contributed by atoms with Crippen molar-refractivity contribution in [3.63, 3.8) is 0 Å². The third-order valence-electron chi connectivity index (χ3n) is 4.18. The first-order chi connectivity index (χ1) is 10.1. The van der Waals surface area contributed by atoms with E-state index >= 15 is 0 Å². The zero-order chi connectivity index (χ0) is 15.3. The van der Waals surface area contributed by atoms with Crippen molar-refractivity contribution < 1.29 is 9.53 Å². The van der Waals surface area contributed by atoms with Crippen LogP contribution in [0.25, 0.3) is 0 Å². The summed E-state index contributed by atoms with van der Waals surface area (Å²) in [7, 11) is 1.63. The number of nitrogens with zero attached hydrogens (tertiary/aromatic N) is 1. The van der Waals surface area contributed by atoms with Gasteiger partial charge in [-0.3, -0.25) is 4.79 Å². The summed E-state index contributed by atoms with van der Waals surface area (Å²) >= 11 is 6.21. The zero-order valence-corrected chi connectivity index (χ0v) is 13.4. The molecule has 1 aromatic rings. The largest absolute Gasteiger partial charge is 0.368 e. The second kappa shape index (κ2) is 7.25. The molecule has 0 bridgehead atoms. The summed E-state index contributed by atoms with van der Waals surface area (Å²) in [6.45, 7) is 4.77. The van der Waals surface area contributed by atoms with E-state index in [1.54, 1.807) is 7.11 Å². The van der Waals surface area contributed by atoms with Gasteiger partial charge in [-0.1, -0.05) is 29.8 Å². The van der Waals surface area contributed by atoms with Crippen molar-refractivity contribution in [2.45, 2.75) is 31.9 Å². The molecule has 1 N–H and O–H groups in total. The van der Waals surface area contributed by atoms with Crippen LogP contribution in [-0.2, 0) is 16.1 Å². The second-order valence-electron chi connectivity index (χ2n) is 5.36. The molecule has 0 atom stereocenters. The highest BCUT2D eigenvalue weighted by Crippen LogP contribution is 2.27. The lowest BCUT2D eigenvalue weighted by molar-refractivity contribution is -0.158. The van der Waals surface area contributed by atoms with E-state index in [0.29, 0.717) is 31.0 Å². The molecular formula is C16H23ClN2O2. The molecule has 2 rings (SSSR count). The summed E-state index contributed by atoms with van der Waals surface area (Å²) in [6.07, 6.45) is 1.42. The van der Waals surface area contributed by atoms with Gasteiger partial charge in [-0.15, -0.1) is 0 Å². The molecule has 1 aliphatic rings. The Balaban J connectivity index is 2.16. The number of halogens is 1. The lowest BCUT2D eigenvalue weighted by Crippen LogP contribution is -2.55. The predicted molar refractivity (Wildman–Crippen MR) is 84.4 cm³/mol. The maximum absolute atomic E-state index is 12.9. The van der Waals surface area contributed by atoms with Crippen LogP contribution in [0.5, 0.6) is 0 Å². The number of hydrogen-bond acceptors (Lipinski definition) is 3. The van der Waals surface area contributed by atoms with Crippen molar-refractivity contribution in [2.75, 3.05) is 26.7 Å². The Bertz CT molecular complexity index is 487. The SMILES string of the molecule is CCN(Cc1ccccc1Cl)C(=O)C1(OC)CCNCC1. The summed E-state index contributed by atoms with van der Waals surface area (Å²) in [5.41, 5.74) is 0.275. The van der Waals surface area contributed by atoms with E-state index in [1.165, 1.54) is 0 Å². The van der Waals surface area contributed by atoms with Crippen LogP contribution >= 0.6 is 11.6 Å². The van der Waals surface area contributed by atoms with Crippen molar-refractivity contribution in [3.8, 4) is 0 Å². The van der Waals surface area contributed by atoms with E-state index in [4.69, 9.17) is 16.3 Å². The van der Waals surface area contributed by atoms with Gasteiger partial charge >= 0.3 is 0 Å². The number of ether oxygens (including phenoxy) is 1. The third-order valence-corrected chi connectivity index (χ3v) is 4.55. The minimum Gasteiger partial charge on any atom is -0.368 e. The Labute approximate surface area is 131 Å². The number of methoxy groups -OCH3 is 1. The molecule has 0 aromatic heterocycles. The van der Waals surface area contributed by atoms with E-state index in [-0.39, 0.29) is 5.91 Å². The smallest absolute Gasteiger partial charge is 0.255 e. The predicted octanol–water partition coefficient (Wildman–Crippen LogP) is 2.46. The summed E-state index contributed by atoms with van der Waals surface area (Å²) in [4.78, 5) is 14.8. The van der Waals surface area contributed by atoms with E-state index in [9.17, 15) is 4.79 Å².